The van der Waals surface area contributed by atoms with Gasteiger partial charge in [-0.2, -0.15) is 5.10 Å². The fraction of sp³-hybridized carbons (Fsp3) is 0.750. The molecule has 2 atom stereocenters. The molecule has 1 saturated carbocycles. The summed E-state index contributed by atoms with van der Waals surface area (Å²) in [4.78, 5) is 12.4. The highest BCUT2D eigenvalue weighted by atomic mass is 16.3. The summed E-state index contributed by atoms with van der Waals surface area (Å²) in [5, 5.41) is 16.9. The summed E-state index contributed by atoms with van der Waals surface area (Å²) >= 11 is 0. The fourth-order valence-electron chi connectivity index (χ4n) is 3.17. The number of carbonyl (C=O) groups excluding carboxylic acids is 1. The molecule has 1 amide bonds. The molecule has 0 spiro atoms. The van der Waals surface area contributed by atoms with E-state index in [2.05, 4.69) is 10.4 Å². The summed E-state index contributed by atoms with van der Waals surface area (Å²) in [6, 6.07) is 1.88. The van der Waals surface area contributed by atoms with Gasteiger partial charge in [-0.05, 0) is 44.1 Å². The van der Waals surface area contributed by atoms with Crippen LogP contribution in [0, 0.1) is 11.8 Å². The van der Waals surface area contributed by atoms with Crippen LogP contribution in [0.2, 0.25) is 0 Å². The number of aliphatic hydroxyl groups is 1. The number of hydrogen-bond acceptors (Lipinski definition) is 3. The molecule has 1 fully saturated rings. The molecular weight excluding hydrogens is 266 g/mol. The Balaban J connectivity index is 1.96. The topological polar surface area (TPSA) is 67.2 Å². The lowest BCUT2D eigenvalue weighted by Crippen LogP contribution is -2.36. The first-order valence-corrected chi connectivity index (χ1v) is 8.15. The molecule has 5 nitrogen and oxygen atoms in total. The predicted octanol–water partition coefficient (Wildman–Crippen LogP) is 1.99. The maximum atomic E-state index is 12.4. The van der Waals surface area contributed by atoms with Gasteiger partial charge in [0.25, 0.3) is 5.91 Å². The molecule has 118 valence electrons. The van der Waals surface area contributed by atoms with Gasteiger partial charge in [0.15, 0.2) is 0 Å². The van der Waals surface area contributed by atoms with Crippen LogP contribution in [0.4, 0.5) is 0 Å². The van der Waals surface area contributed by atoms with Crippen LogP contribution in [-0.2, 0) is 13.0 Å². The third kappa shape index (κ3) is 3.84. The minimum Gasteiger partial charge on any atom is -0.396 e. The van der Waals surface area contributed by atoms with Gasteiger partial charge in [-0.3, -0.25) is 9.48 Å². The highest BCUT2D eigenvalue weighted by molar-refractivity contribution is 5.92. The average Bonchev–Trinajstić information content (AvgIpc) is 2.96. The van der Waals surface area contributed by atoms with Crippen molar-refractivity contribution in [3.8, 4) is 0 Å². The summed E-state index contributed by atoms with van der Waals surface area (Å²) in [6.07, 6.45) is 5.40. The summed E-state index contributed by atoms with van der Waals surface area (Å²) in [5.74, 6) is 0.684. The highest BCUT2D eigenvalue weighted by Crippen LogP contribution is 2.29. The SMILES string of the molecule is CCc1cc(C(=O)NCC2CCCCC2CO)n(CC)n1. The first-order chi connectivity index (χ1) is 10.2. The van der Waals surface area contributed by atoms with E-state index in [4.69, 9.17) is 0 Å². The van der Waals surface area contributed by atoms with E-state index in [0.29, 0.717) is 30.6 Å². The molecule has 2 N–H and O–H groups in total. The highest BCUT2D eigenvalue weighted by Gasteiger charge is 2.25. The lowest BCUT2D eigenvalue weighted by atomic mass is 9.79. The molecule has 2 rings (SSSR count). The number of rotatable bonds is 6. The first kappa shape index (κ1) is 16.0. The van der Waals surface area contributed by atoms with Crippen LogP contribution in [0.3, 0.4) is 0 Å². The Morgan fingerprint density at radius 1 is 1.38 bits per heavy atom. The Bertz CT molecular complexity index is 470. The molecule has 1 aromatic heterocycles. The van der Waals surface area contributed by atoms with Crippen molar-refractivity contribution < 1.29 is 9.90 Å². The van der Waals surface area contributed by atoms with Crippen LogP contribution in [0.25, 0.3) is 0 Å². The molecule has 1 aliphatic carbocycles. The Kier molecular flexibility index (Phi) is 5.79. The minimum absolute atomic E-state index is 0.0497. The van der Waals surface area contributed by atoms with E-state index in [0.717, 1.165) is 25.0 Å². The molecule has 21 heavy (non-hydrogen) atoms. The molecule has 0 bridgehead atoms. The van der Waals surface area contributed by atoms with Crippen molar-refractivity contribution in [2.45, 2.75) is 52.5 Å². The van der Waals surface area contributed by atoms with Crippen molar-refractivity contribution in [1.82, 2.24) is 15.1 Å². The van der Waals surface area contributed by atoms with E-state index < -0.39 is 0 Å². The van der Waals surface area contributed by atoms with Crippen LogP contribution >= 0.6 is 0 Å². The van der Waals surface area contributed by atoms with Crippen molar-refractivity contribution in [3.05, 3.63) is 17.5 Å². The molecule has 0 radical (unpaired) electrons. The normalized spacial score (nSPS) is 22.2. The molecule has 1 aromatic rings. The van der Waals surface area contributed by atoms with E-state index in [9.17, 15) is 9.90 Å². The van der Waals surface area contributed by atoms with E-state index in [-0.39, 0.29) is 12.5 Å². The maximum absolute atomic E-state index is 12.4. The number of hydrogen-bond donors (Lipinski definition) is 2. The van der Waals surface area contributed by atoms with E-state index >= 15 is 0 Å². The van der Waals surface area contributed by atoms with Crippen molar-refractivity contribution in [2.75, 3.05) is 13.2 Å². The molecular formula is C16H27N3O2. The molecule has 0 saturated heterocycles. The Morgan fingerprint density at radius 3 is 2.71 bits per heavy atom. The van der Waals surface area contributed by atoms with Gasteiger partial charge < -0.3 is 10.4 Å². The van der Waals surface area contributed by atoms with E-state index in [1.807, 2.05) is 19.9 Å². The standard InChI is InChI=1S/C16H27N3O2/c1-3-14-9-15(19(4-2)18-14)16(21)17-10-12-7-5-6-8-13(12)11-20/h9,12-13,20H,3-8,10-11H2,1-2H3,(H,17,21). The number of amides is 1. The Morgan fingerprint density at radius 2 is 2.10 bits per heavy atom. The molecule has 2 unspecified atom stereocenters. The van der Waals surface area contributed by atoms with Crippen LogP contribution in [0.15, 0.2) is 6.07 Å². The average molecular weight is 293 g/mol. The second-order valence-electron chi connectivity index (χ2n) is 5.89. The smallest absolute Gasteiger partial charge is 0.269 e. The van der Waals surface area contributed by atoms with Gasteiger partial charge in [0.1, 0.15) is 5.69 Å². The van der Waals surface area contributed by atoms with Crippen LogP contribution < -0.4 is 5.32 Å². The fourth-order valence-corrected chi connectivity index (χ4v) is 3.17. The van der Waals surface area contributed by atoms with Gasteiger partial charge in [0.05, 0.1) is 5.69 Å². The quantitative estimate of drug-likeness (QED) is 0.843. The van der Waals surface area contributed by atoms with Crippen molar-refractivity contribution in [1.29, 1.82) is 0 Å². The van der Waals surface area contributed by atoms with Crippen molar-refractivity contribution in [2.24, 2.45) is 11.8 Å². The van der Waals surface area contributed by atoms with E-state index in [1.165, 1.54) is 12.8 Å². The number of aliphatic hydroxyl groups excluding tert-OH is 1. The van der Waals surface area contributed by atoms with Gasteiger partial charge in [-0.15, -0.1) is 0 Å². The van der Waals surface area contributed by atoms with Crippen LogP contribution in [0.5, 0.6) is 0 Å². The van der Waals surface area contributed by atoms with Crippen molar-refractivity contribution >= 4 is 5.91 Å². The molecule has 1 aliphatic rings. The second-order valence-corrected chi connectivity index (χ2v) is 5.89. The van der Waals surface area contributed by atoms with Gasteiger partial charge in [0.2, 0.25) is 0 Å². The zero-order chi connectivity index (χ0) is 15.2. The third-order valence-corrected chi connectivity index (χ3v) is 4.55. The largest absolute Gasteiger partial charge is 0.396 e. The monoisotopic (exact) mass is 293 g/mol. The molecule has 0 aromatic carbocycles. The number of carbonyl (C=O) groups is 1. The summed E-state index contributed by atoms with van der Waals surface area (Å²) in [5.41, 5.74) is 1.60. The zero-order valence-electron chi connectivity index (χ0n) is 13.1. The minimum atomic E-state index is -0.0497. The third-order valence-electron chi connectivity index (χ3n) is 4.55. The van der Waals surface area contributed by atoms with Gasteiger partial charge >= 0.3 is 0 Å². The summed E-state index contributed by atoms with van der Waals surface area (Å²) in [6.45, 7) is 5.61. The maximum Gasteiger partial charge on any atom is 0.269 e. The van der Waals surface area contributed by atoms with Gasteiger partial charge in [-0.25, -0.2) is 0 Å². The second kappa shape index (κ2) is 7.59. The van der Waals surface area contributed by atoms with E-state index in [1.54, 1.807) is 4.68 Å². The van der Waals surface area contributed by atoms with Gasteiger partial charge in [-0.1, -0.05) is 19.8 Å². The number of aryl methyl sites for hydroxylation is 2. The zero-order valence-corrected chi connectivity index (χ0v) is 13.1. The number of nitrogens with one attached hydrogen (secondary N) is 1. The summed E-state index contributed by atoms with van der Waals surface area (Å²) in [7, 11) is 0. The van der Waals surface area contributed by atoms with Gasteiger partial charge in [0, 0.05) is 19.7 Å². The Hall–Kier alpha value is -1.36. The lowest BCUT2D eigenvalue weighted by Gasteiger charge is -2.30. The number of aromatic nitrogens is 2. The molecule has 1 heterocycles. The predicted molar refractivity (Wildman–Crippen MR) is 82.1 cm³/mol. The Labute approximate surface area is 126 Å². The van der Waals surface area contributed by atoms with Crippen molar-refractivity contribution in [3.63, 3.8) is 0 Å². The molecule has 0 aliphatic heterocycles. The lowest BCUT2D eigenvalue weighted by molar-refractivity contribution is 0.0899. The summed E-state index contributed by atoms with van der Waals surface area (Å²) < 4.78 is 1.76. The van der Waals surface area contributed by atoms with Crippen LogP contribution in [0.1, 0.15) is 55.7 Å². The first-order valence-electron chi connectivity index (χ1n) is 8.15. The number of nitrogens with zero attached hydrogens (tertiary/aromatic N) is 2. The van der Waals surface area contributed by atoms with Crippen LogP contribution in [-0.4, -0.2) is 33.9 Å². The molecule has 5 heteroatoms.